The molecule has 1 aliphatic carbocycles. The number of carboxylic acids is 1. The maximum absolute atomic E-state index is 12.5. The molecule has 1 saturated carbocycles. The number of hydrogen-bond acceptors (Lipinski definition) is 3. The van der Waals surface area contributed by atoms with Gasteiger partial charge in [0.05, 0.1) is 17.9 Å². The quantitative estimate of drug-likeness (QED) is 0.721. The Labute approximate surface area is 120 Å². The first-order chi connectivity index (χ1) is 9.51. The van der Waals surface area contributed by atoms with E-state index >= 15 is 0 Å². The Morgan fingerprint density at radius 2 is 1.71 bits per heavy atom. The van der Waals surface area contributed by atoms with Gasteiger partial charge in [0.25, 0.3) is 0 Å². The van der Waals surface area contributed by atoms with Gasteiger partial charge in [-0.2, -0.15) is 13.2 Å². The molecule has 0 radical (unpaired) electrons. The number of nitrogens with one attached hydrogen (secondary N) is 1. The van der Waals surface area contributed by atoms with Gasteiger partial charge in [0.2, 0.25) is 5.91 Å². The van der Waals surface area contributed by atoms with Crippen LogP contribution in [0.3, 0.4) is 0 Å². The summed E-state index contributed by atoms with van der Waals surface area (Å²) in [5, 5.41) is 20.7. The summed E-state index contributed by atoms with van der Waals surface area (Å²) < 4.78 is 37.5. The summed E-state index contributed by atoms with van der Waals surface area (Å²) in [7, 11) is 0. The zero-order valence-corrected chi connectivity index (χ0v) is 11.7. The number of rotatable bonds is 5. The number of alkyl halides is 3. The SMILES string of the molecule is CC(O)(CNC(=O)C1CCC(C(F)(F)F)CC1)CC(=O)O. The van der Waals surface area contributed by atoms with Crippen molar-refractivity contribution in [2.45, 2.75) is 50.8 Å². The number of carbonyl (C=O) groups is 2. The van der Waals surface area contributed by atoms with Crippen LogP contribution in [0, 0.1) is 11.8 Å². The molecular formula is C13H20F3NO4. The van der Waals surface area contributed by atoms with E-state index < -0.39 is 41.9 Å². The van der Waals surface area contributed by atoms with Crippen LogP contribution in [0.25, 0.3) is 0 Å². The maximum Gasteiger partial charge on any atom is 0.391 e. The molecule has 122 valence electrons. The lowest BCUT2D eigenvalue weighted by molar-refractivity contribution is -0.184. The van der Waals surface area contributed by atoms with Crippen molar-refractivity contribution in [3.8, 4) is 0 Å². The van der Waals surface area contributed by atoms with E-state index in [9.17, 15) is 27.9 Å². The molecule has 0 saturated heterocycles. The highest BCUT2D eigenvalue weighted by Gasteiger charge is 2.42. The molecule has 0 aliphatic heterocycles. The van der Waals surface area contributed by atoms with Gasteiger partial charge in [-0.1, -0.05) is 0 Å². The van der Waals surface area contributed by atoms with Crippen LogP contribution < -0.4 is 5.32 Å². The van der Waals surface area contributed by atoms with E-state index in [-0.39, 0.29) is 32.2 Å². The molecular weight excluding hydrogens is 291 g/mol. The number of aliphatic carboxylic acids is 1. The van der Waals surface area contributed by atoms with E-state index in [2.05, 4.69) is 5.32 Å². The fraction of sp³-hybridized carbons (Fsp3) is 0.846. The van der Waals surface area contributed by atoms with Crippen LogP contribution in [0.4, 0.5) is 13.2 Å². The van der Waals surface area contributed by atoms with Crippen molar-refractivity contribution >= 4 is 11.9 Å². The molecule has 0 aromatic heterocycles. The summed E-state index contributed by atoms with van der Waals surface area (Å²) in [6.07, 6.45) is -4.59. The summed E-state index contributed by atoms with van der Waals surface area (Å²) in [6.45, 7) is 1.04. The monoisotopic (exact) mass is 311 g/mol. The maximum atomic E-state index is 12.5. The summed E-state index contributed by atoms with van der Waals surface area (Å²) in [5.41, 5.74) is -1.58. The van der Waals surface area contributed by atoms with Crippen LogP contribution in [0.2, 0.25) is 0 Å². The smallest absolute Gasteiger partial charge is 0.391 e. The van der Waals surface area contributed by atoms with Gasteiger partial charge in [0.1, 0.15) is 0 Å². The third-order valence-electron chi connectivity index (χ3n) is 3.74. The lowest BCUT2D eigenvalue weighted by Crippen LogP contribution is -2.44. The molecule has 1 fully saturated rings. The molecule has 21 heavy (non-hydrogen) atoms. The molecule has 8 heteroatoms. The van der Waals surface area contributed by atoms with Crippen LogP contribution in [0.1, 0.15) is 39.0 Å². The van der Waals surface area contributed by atoms with Crippen molar-refractivity contribution in [3.63, 3.8) is 0 Å². The number of carbonyl (C=O) groups excluding carboxylic acids is 1. The second-order valence-electron chi connectivity index (χ2n) is 5.88. The standard InChI is InChI=1S/C13H20F3NO4/c1-12(21,6-10(18)19)7-17-11(20)8-2-4-9(5-3-8)13(14,15)16/h8-9,21H,2-7H2,1H3,(H,17,20)(H,18,19). The van der Waals surface area contributed by atoms with E-state index in [0.717, 1.165) is 0 Å². The van der Waals surface area contributed by atoms with Gasteiger partial charge in [-0.15, -0.1) is 0 Å². The average molecular weight is 311 g/mol. The molecule has 0 heterocycles. The van der Waals surface area contributed by atoms with E-state index in [1.165, 1.54) is 6.92 Å². The minimum atomic E-state index is -4.22. The van der Waals surface area contributed by atoms with Gasteiger partial charge in [0, 0.05) is 12.5 Å². The molecule has 0 aromatic rings. The average Bonchev–Trinajstić information content (AvgIpc) is 2.33. The summed E-state index contributed by atoms with van der Waals surface area (Å²) >= 11 is 0. The third-order valence-corrected chi connectivity index (χ3v) is 3.74. The van der Waals surface area contributed by atoms with Crippen molar-refractivity contribution in [1.29, 1.82) is 0 Å². The van der Waals surface area contributed by atoms with Crippen LogP contribution in [-0.4, -0.2) is 40.4 Å². The minimum Gasteiger partial charge on any atom is -0.481 e. The fourth-order valence-corrected chi connectivity index (χ4v) is 2.49. The van der Waals surface area contributed by atoms with Crippen molar-refractivity contribution in [1.82, 2.24) is 5.32 Å². The molecule has 0 aromatic carbocycles. The molecule has 1 aliphatic rings. The fourth-order valence-electron chi connectivity index (χ4n) is 2.49. The Morgan fingerprint density at radius 1 is 1.19 bits per heavy atom. The van der Waals surface area contributed by atoms with Gasteiger partial charge in [-0.25, -0.2) is 0 Å². The van der Waals surface area contributed by atoms with Crippen LogP contribution in [0.5, 0.6) is 0 Å². The van der Waals surface area contributed by atoms with Crippen molar-refractivity contribution < 1.29 is 33.0 Å². The zero-order chi connectivity index (χ0) is 16.3. The minimum absolute atomic E-state index is 0.0763. The van der Waals surface area contributed by atoms with Crippen LogP contribution in [-0.2, 0) is 9.59 Å². The predicted octanol–water partition coefficient (Wildman–Crippen LogP) is 1.70. The van der Waals surface area contributed by atoms with Gasteiger partial charge in [-0.3, -0.25) is 9.59 Å². The molecule has 0 bridgehead atoms. The molecule has 1 atom stereocenters. The number of halogens is 3. The number of carboxylic acid groups (broad SMARTS) is 1. The van der Waals surface area contributed by atoms with E-state index in [0.29, 0.717) is 0 Å². The highest BCUT2D eigenvalue weighted by Crippen LogP contribution is 2.39. The van der Waals surface area contributed by atoms with Crippen LogP contribution in [0.15, 0.2) is 0 Å². The Morgan fingerprint density at radius 3 is 2.14 bits per heavy atom. The van der Waals surface area contributed by atoms with Crippen LogP contribution >= 0.6 is 0 Å². The normalized spacial score (nSPS) is 26.0. The Hall–Kier alpha value is -1.31. The molecule has 3 N–H and O–H groups in total. The van der Waals surface area contributed by atoms with Crippen molar-refractivity contribution in [3.05, 3.63) is 0 Å². The third kappa shape index (κ3) is 5.91. The molecule has 0 spiro atoms. The Kier molecular flexibility index (Phi) is 5.61. The Bertz CT molecular complexity index is 387. The molecule has 1 rings (SSSR count). The molecule has 1 unspecified atom stereocenters. The van der Waals surface area contributed by atoms with Gasteiger partial charge >= 0.3 is 12.1 Å². The van der Waals surface area contributed by atoms with Gasteiger partial charge < -0.3 is 15.5 Å². The molecule has 5 nitrogen and oxygen atoms in total. The molecule has 1 amide bonds. The van der Waals surface area contributed by atoms with E-state index in [1.54, 1.807) is 0 Å². The van der Waals surface area contributed by atoms with E-state index in [4.69, 9.17) is 5.11 Å². The highest BCUT2D eigenvalue weighted by atomic mass is 19.4. The number of amides is 1. The highest BCUT2D eigenvalue weighted by molar-refractivity contribution is 5.79. The van der Waals surface area contributed by atoms with Crippen molar-refractivity contribution in [2.75, 3.05) is 6.54 Å². The summed E-state index contributed by atoms with van der Waals surface area (Å²) in [6, 6.07) is 0. The van der Waals surface area contributed by atoms with Crippen molar-refractivity contribution in [2.24, 2.45) is 11.8 Å². The van der Waals surface area contributed by atoms with E-state index in [1.807, 2.05) is 0 Å². The summed E-state index contributed by atoms with van der Waals surface area (Å²) in [5.74, 6) is -3.48. The predicted molar refractivity (Wildman–Crippen MR) is 67.4 cm³/mol. The first kappa shape index (κ1) is 17.7. The topological polar surface area (TPSA) is 86.6 Å². The largest absolute Gasteiger partial charge is 0.481 e. The van der Waals surface area contributed by atoms with Gasteiger partial charge in [0.15, 0.2) is 0 Å². The lowest BCUT2D eigenvalue weighted by Gasteiger charge is -2.30. The second kappa shape index (κ2) is 6.64. The zero-order valence-electron chi connectivity index (χ0n) is 11.7. The Balaban J connectivity index is 2.40. The first-order valence-corrected chi connectivity index (χ1v) is 6.80. The number of aliphatic hydroxyl groups is 1. The lowest BCUT2D eigenvalue weighted by atomic mass is 9.81. The number of hydrogen-bond donors (Lipinski definition) is 3. The van der Waals surface area contributed by atoms with Gasteiger partial charge in [-0.05, 0) is 32.6 Å². The second-order valence-corrected chi connectivity index (χ2v) is 5.88. The summed E-state index contributed by atoms with van der Waals surface area (Å²) in [4.78, 5) is 22.3. The first-order valence-electron chi connectivity index (χ1n) is 6.80.